The fraction of sp³-hybridized carbons (Fsp3) is 0.769. The molecule has 19 heavy (non-hydrogen) atoms. The zero-order chi connectivity index (χ0) is 14.9. The molecular weight excluding hydrogens is 252 g/mol. The molecule has 0 aliphatic carbocycles. The van der Waals surface area contributed by atoms with Gasteiger partial charge in [0.05, 0.1) is 12.7 Å². The zero-order valence-electron chi connectivity index (χ0n) is 12.1. The predicted octanol–water partition coefficient (Wildman–Crippen LogP) is 2.35. The van der Waals surface area contributed by atoms with E-state index in [0.717, 1.165) is 0 Å². The molecule has 0 aliphatic rings. The summed E-state index contributed by atoms with van der Waals surface area (Å²) in [4.78, 5) is 15.0. The molecule has 0 aromatic carbocycles. The maximum atomic E-state index is 10.5. The van der Waals surface area contributed by atoms with Gasteiger partial charge in [0.1, 0.15) is 12.4 Å². The maximum Gasteiger partial charge on any atom is 0.303 e. The highest BCUT2D eigenvalue weighted by atomic mass is 17.1. The van der Waals surface area contributed by atoms with Crippen molar-refractivity contribution in [1.29, 1.82) is 0 Å². The van der Waals surface area contributed by atoms with E-state index in [0.29, 0.717) is 18.8 Å². The Bertz CT molecular complexity index is 281. The molecule has 1 unspecified atom stereocenters. The van der Waals surface area contributed by atoms with Gasteiger partial charge >= 0.3 is 5.97 Å². The molecule has 0 fully saturated rings. The van der Waals surface area contributed by atoms with Gasteiger partial charge in [0, 0.05) is 13.3 Å². The molecule has 6 nitrogen and oxygen atoms in total. The average molecular weight is 276 g/mol. The van der Waals surface area contributed by atoms with Crippen LogP contribution in [0.1, 0.15) is 34.1 Å². The van der Waals surface area contributed by atoms with Gasteiger partial charge < -0.3 is 14.2 Å². The Hall–Kier alpha value is -1.11. The van der Waals surface area contributed by atoms with Crippen LogP contribution in [0.15, 0.2) is 12.3 Å². The van der Waals surface area contributed by atoms with Gasteiger partial charge in [-0.25, -0.2) is 4.89 Å². The van der Waals surface area contributed by atoms with E-state index in [1.54, 1.807) is 0 Å². The maximum absolute atomic E-state index is 10.5. The molecule has 0 bridgehead atoms. The minimum atomic E-state index is -0.390. The van der Waals surface area contributed by atoms with Crippen LogP contribution in [-0.4, -0.2) is 37.3 Å². The fourth-order valence-electron chi connectivity index (χ4n) is 1.24. The van der Waals surface area contributed by atoms with Gasteiger partial charge in [-0.2, -0.15) is 0 Å². The van der Waals surface area contributed by atoms with E-state index in [1.165, 1.54) is 6.92 Å². The highest BCUT2D eigenvalue weighted by molar-refractivity contribution is 5.66. The molecule has 0 aromatic rings. The van der Waals surface area contributed by atoms with Crippen LogP contribution in [0.5, 0.6) is 0 Å². The molecule has 0 radical (unpaired) electrons. The molecule has 0 heterocycles. The van der Waals surface area contributed by atoms with Crippen molar-refractivity contribution >= 4 is 5.97 Å². The first-order valence-electron chi connectivity index (χ1n) is 6.09. The molecule has 0 aliphatic heterocycles. The predicted molar refractivity (Wildman–Crippen MR) is 69.3 cm³/mol. The van der Waals surface area contributed by atoms with E-state index in [1.807, 2.05) is 20.8 Å². The quantitative estimate of drug-likeness (QED) is 0.174. The van der Waals surface area contributed by atoms with Gasteiger partial charge in [0.2, 0.25) is 0 Å². The Kier molecular flexibility index (Phi) is 8.38. The van der Waals surface area contributed by atoms with Gasteiger partial charge in [-0.1, -0.05) is 27.4 Å². The summed E-state index contributed by atoms with van der Waals surface area (Å²) in [5.41, 5.74) is -0.169. The number of hydrogen-bond acceptors (Lipinski definition) is 6. The van der Waals surface area contributed by atoms with E-state index >= 15 is 0 Å². The molecule has 0 saturated heterocycles. The summed E-state index contributed by atoms with van der Waals surface area (Å²) < 4.78 is 15.0. The topological polar surface area (TPSA) is 74.2 Å². The first kappa shape index (κ1) is 17.9. The lowest BCUT2D eigenvalue weighted by Gasteiger charge is -2.27. The summed E-state index contributed by atoms with van der Waals surface area (Å²) in [5.74, 6) is -0.0697. The molecule has 0 rings (SSSR count). The van der Waals surface area contributed by atoms with Crippen LogP contribution >= 0.6 is 0 Å². The number of esters is 1. The summed E-state index contributed by atoms with van der Waals surface area (Å²) in [5, 5.41) is 8.78. The summed E-state index contributed by atoms with van der Waals surface area (Å²) >= 11 is 0. The summed E-state index contributed by atoms with van der Waals surface area (Å²) in [6.07, 6.45) is 0.233. The average Bonchev–Trinajstić information content (AvgIpc) is 2.29. The third kappa shape index (κ3) is 9.47. The highest BCUT2D eigenvalue weighted by Gasteiger charge is 2.25. The molecule has 6 heteroatoms. The molecule has 1 N–H and O–H groups in total. The summed E-state index contributed by atoms with van der Waals surface area (Å²) in [6.45, 7) is 11.2. The fourth-order valence-corrected chi connectivity index (χ4v) is 1.24. The first-order valence-corrected chi connectivity index (χ1v) is 6.09. The first-order chi connectivity index (χ1) is 8.77. The molecule has 1 atom stereocenters. The van der Waals surface area contributed by atoms with E-state index < -0.39 is 5.97 Å². The second kappa shape index (κ2) is 8.90. The largest absolute Gasteiger partial charge is 0.469 e. The third-order valence-electron chi connectivity index (χ3n) is 2.40. The summed E-state index contributed by atoms with van der Waals surface area (Å²) in [6, 6.07) is 0. The Morgan fingerprint density at radius 3 is 2.42 bits per heavy atom. The van der Waals surface area contributed by atoms with Crippen LogP contribution in [0, 0.1) is 5.41 Å². The standard InChI is InChI=1S/C13H24O6/c1-10(8-17-11(2)14)18-9-16-7-6-12(19-15)13(3,4)5/h12,15H,1,6-9H2,2-5H3. The van der Waals surface area contributed by atoms with Gasteiger partial charge in [-0.15, -0.1) is 0 Å². The molecule has 0 amide bonds. The molecule has 112 valence electrons. The number of ether oxygens (including phenoxy) is 3. The summed E-state index contributed by atoms with van der Waals surface area (Å²) in [7, 11) is 0. The van der Waals surface area contributed by atoms with Crippen molar-refractivity contribution in [1.82, 2.24) is 0 Å². The zero-order valence-corrected chi connectivity index (χ0v) is 12.1. The lowest BCUT2D eigenvalue weighted by Crippen LogP contribution is -2.29. The minimum Gasteiger partial charge on any atom is -0.469 e. The molecule has 0 saturated carbocycles. The van der Waals surface area contributed by atoms with Crippen molar-refractivity contribution < 1.29 is 29.1 Å². The van der Waals surface area contributed by atoms with Crippen LogP contribution in [-0.2, 0) is 23.9 Å². The van der Waals surface area contributed by atoms with Crippen LogP contribution in [0.3, 0.4) is 0 Å². The van der Waals surface area contributed by atoms with Crippen molar-refractivity contribution in [3.05, 3.63) is 12.3 Å². The number of rotatable bonds is 9. The van der Waals surface area contributed by atoms with Crippen LogP contribution in [0.25, 0.3) is 0 Å². The second-order valence-corrected chi connectivity index (χ2v) is 5.24. The van der Waals surface area contributed by atoms with E-state index in [2.05, 4.69) is 16.2 Å². The van der Waals surface area contributed by atoms with E-state index in [-0.39, 0.29) is 24.9 Å². The monoisotopic (exact) mass is 276 g/mol. The Balaban J connectivity index is 3.64. The number of carbonyl (C=O) groups excluding carboxylic acids is 1. The molecular formula is C13H24O6. The third-order valence-corrected chi connectivity index (χ3v) is 2.40. The second-order valence-electron chi connectivity index (χ2n) is 5.24. The smallest absolute Gasteiger partial charge is 0.303 e. The number of hydrogen-bond donors (Lipinski definition) is 1. The van der Waals surface area contributed by atoms with Crippen LogP contribution in [0.2, 0.25) is 0 Å². The normalized spacial score (nSPS) is 12.9. The van der Waals surface area contributed by atoms with Crippen molar-refractivity contribution in [3.8, 4) is 0 Å². The number of carbonyl (C=O) groups is 1. The van der Waals surface area contributed by atoms with E-state index in [9.17, 15) is 4.79 Å². The highest BCUT2D eigenvalue weighted by Crippen LogP contribution is 2.24. The van der Waals surface area contributed by atoms with Gasteiger partial charge in [-0.05, 0) is 5.41 Å². The van der Waals surface area contributed by atoms with Gasteiger partial charge in [-0.3, -0.25) is 10.1 Å². The lowest BCUT2D eigenvalue weighted by atomic mass is 9.87. The van der Waals surface area contributed by atoms with Gasteiger partial charge in [0.15, 0.2) is 6.79 Å². The van der Waals surface area contributed by atoms with Crippen molar-refractivity contribution in [3.63, 3.8) is 0 Å². The SMILES string of the molecule is C=C(COC(C)=O)OCOCCC(OO)C(C)(C)C. The van der Waals surface area contributed by atoms with Crippen molar-refractivity contribution in [2.24, 2.45) is 5.41 Å². The van der Waals surface area contributed by atoms with Crippen LogP contribution < -0.4 is 0 Å². The lowest BCUT2D eigenvalue weighted by molar-refractivity contribution is -0.302. The van der Waals surface area contributed by atoms with Gasteiger partial charge in [0.25, 0.3) is 0 Å². The Labute approximate surface area is 114 Å². The molecule has 0 spiro atoms. The Morgan fingerprint density at radius 1 is 1.32 bits per heavy atom. The van der Waals surface area contributed by atoms with E-state index in [4.69, 9.17) is 14.7 Å². The van der Waals surface area contributed by atoms with Crippen LogP contribution in [0.4, 0.5) is 0 Å². The van der Waals surface area contributed by atoms with Crippen molar-refractivity contribution in [2.45, 2.75) is 40.2 Å². The molecule has 0 aromatic heterocycles. The minimum absolute atomic E-state index is 0.0163. The van der Waals surface area contributed by atoms with Crippen molar-refractivity contribution in [2.75, 3.05) is 20.0 Å². The Morgan fingerprint density at radius 2 is 1.95 bits per heavy atom.